The number of sulfonamides is 1. The van der Waals surface area contributed by atoms with Crippen molar-refractivity contribution in [3.05, 3.63) is 59.7 Å². The lowest BCUT2D eigenvalue weighted by Gasteiger charge is -2.19. The highest BCUT2D eigenvalue weighted by atomic mass is 32.2. The van der Waals surface area contributed by atoms with Gasteiger partial charge < -0.3 is 9.64 Å². The number of carbonyl (C=O) groups excluding carboxylic acids is 1. The number of nitrogens with zero attached hydrogens (tertiary/aromatic N) is 2. The number of ether oxygens (including phenoxy) is 1. The van der Waals surface area contributed by atoms with Crippen molar-refractivity contribution in [2.24, 2.45) is 0 Å². The van der Waals surface area contributed by atoms with Crippen molar-refractivity contribution in [2.45, 2.75) is 38.1 Å². The van der Waals surface area contributed by atoms with Gasteiger partial charge in [0, 0.05) is 33.1 Å². The van der Waals surface area contributed by atoms with E-state index in [1.165, 1.54) is 4.31 Å². The minimum absolute atomic E-state index is 0.0423. The van der Waals surface area contributed by atoms with Gasteiger partial charge in [0.1, 0.15) is 5.75 Å². The van der Waals surface area contributed by atoms with Gasteiger partial charge in [-0.1, -0.05) is 38.1 Å². The average Bonchev–Trinajstić information content (AvgIpc) is 2.73. The summed E-state index contributed by atoms with van der Waals surface area (Å²) in [5.41, 5.74) is 1.97. The van der Waals surface area contributed by atoms with E-state index in [0.29, 0.717) is 32.5 Å². The maximum atomic E-state index is 12.5. The van der Waals surface area contributed by atoms with Crippen LogP contribution >= 0.6 is 0 Å². The van der Waals surface area contributed by atoms with E-state index in [4.69, 9.17) is 4.74 Å². The fourth-order valence-electron chi connectivity index (χ4n) is 3.08. The van der Waals surface area contributed by atoms with Crippen molar-refractivity contribution in [2.75, 3.05) is 27.2 Å². The first-order valence-corrected chi connectivity index (χ1v) is 11.2. The second kappa shape index (κ2) is 10.4. The Kier molecular flexibility index (Phi) is 8.22. The normalized spacial score (nSPS) is 11.5. The molecule has 6 nitrogen and oxygen atoms in total. The Bertz CT molecular complexity index is 889. The van der Waals surface area contributed by atoms with E-state index in [1.807, 2.05) is 38.1 Å². The zero-order valence-electron chi connectivity index (χ0n) is 17.6. The second-order valence-electron chi connectivity index (χ2n) is 6.83. The van der Waals surface area contributed by atoms with Gasteiger partial charge in [0.15, 0.2) is 0 Å². The topological polar surface area (TPSA) is 66.9 Å². The van der Waals surface area contributed by atoms with Gasteiger partial charge in [-0.05, 0) is 41.8 Å². The van der Waals surface area contributed by atoms with Gasteiger partial charge >= 0.3 is 0 Å². The summed E-state index contributed by atoms with van der Waals surface area (Å²) in [6, 6.07) is 14.4. The van der Waals surface area contributed by atoms with Crippen LogP contribution in [0, 0.1) is 0 Å². The van der Waals surface area contributed by atoms with Crippen LogP contribution in [0.1, 0.15) is 31.4 Å². The summed E-state index contributed by atoms with van der Waals surface area (Å²) in [7, 11) is -0.0478. The highest BCUT2D eigenvalue weighted by molar-refractivity contribution is 7.89. The molecular weight excluding hydrogens is 388 g/mol. The third-order valence-electron chi connectivity index (χ3n) is 4.90. The number of rotatable bonds is 10. The minimum Gasteiger partial charge on any atom is -0.497 e. The highest BCUT2D eigenvalue weighted by Crippen LogP contribution is 2.17. The molecule has 0 heterocycles. The van der Waals surface area contributed by atoms with Crippen LogP contribution in [-0.4, -0.2) is 50.8 Å². The van der Waals surface area contributed by atoms with Crippen molar-refractivity contribution in [3.63, 3.8) is 0 Å². The number of carbonyl (C=O) groups is 1. The molecule has 0 bridgehead atoms. The summed E-state index contributed by atoms with van der Waals surface area (Å²) in [5, 5.41) is 0. The molecule has 0 aliphatic rings. The molecule has 0 saturated carbocycles. The number of hydrogen-bond acceptors (Lipinski definition) is 4. The zero-order valence-corrected chi connectivity index (χ0v) is 18.4. The Hall–Kier alpha value is -2.38. The Morgan fingerprint density at radius 3 is 2.00 bits per heavy atom. The summed E-state index contributed by atoms with van der Waals surface area (Å²) in [5.74, 6) is 0.829. The third kappa shape index (κ3) is 6.05. The van der Waals surface area contributed by atoms with Gasteiger partial charge in [-0.15, -0.1) is 0 Å². The number of benzene rings is 2. The number of methoxy groups -OCH3 is 1. The minimum atomic E-state index is -3.45. The molecule has 0 atom stereocenters. The fourth-order valence-corrected chi connectivity index (χ4v) is 4.53. The molecule has 1 amide bonds. The van der Waals surface area contributed by atoms with Crippen LogP contribution in [0.4, 0.5) is 0 Å². The molecule has 0 saturated heterocycles. The maximum absolute atomic E-state index is 12.5. The van der Waals surface area contributed by atoms with Crippen LogP contribution in [0.5, 0.6) is 5.75 Å². The Balaban J connectivity index is 1.92. The second-order valence-corrected chi connectivity index (χ2v) is 8.77. The molecule has 2 aromatic carbocycles. The Morgan fingerprint density at radius 2 is 1.48 bits per heavy atom. The molecule has 0 radical (unpaired) electrons. The lowest BCUT2D eigenvalue weighted by atomic mass is 10.1. The summed E-state index contributed by atoms with van der Waals surface area (Å²) in [6.07, 6.45) is 0.937. The molecule has 0 fully saturated rings. The summed E-state index contributed by atoms with van der Waals surface area (Å²) in [4.78, 5) is 14.4. The van der Waals surface area contributed by atoms with E-state index in [0.717, 1.165) is 16.9 Å². The van der Waals surface area contributed by atoms with Crippen LogP contribution < -0.4 is 4.74 Å². The molecule has 29 heavy (non-hydrogen) atoms. The molecule has 2 rings (SSSR count). The van der Waals surface area contributed by atoms with E-state index in [-0.39, 0.29) is 10.8 Å². The monoisotopic (exact) mass is 418 g/mol. The number of aryl methyl sites for hydroxylation is 1. The molecular formula is C22H30N2O4S. The standard InChI is InChI=1S/C22H30N2O4S/c1-5-24(6-2)29(26,27)21-14-9-18(10-15-21)11-16-22(25)23(3)17-19-7-12-20(28-4)13-8-19/h7-10,12-15H,5-6,11,16-17H2,1-4H3. The summed E-state index contributed by atoms with van der Waals surface area (Å²) < 4.78 is 31.6. The molecule has 0 spiro atoms. The Labute approximate surface area is 174 Å². The molecule has 0 N–H and O–H groups in total. The maximum Gasteiger partial charge on any atom is 0.243 e. The average molecular weight is 419 g/mol. The molecule has 0 aliphatic carbocycles. The quantitative estimate of drug-likeness (QED) is 0.594. The zero-order chi connectivity index (χ0) is 21.4. The van der Waals surface area contributed by atoms with E-state index in [1.54, 1.807) is 43.3 Å². The first kappa shape index (κ1) is 22.9. The largest absolute Gasteiger partial charge is 0.497 e. The van der Waals surface area contributed by atoms with Crippen LogP contribution in [0.25, 0.3) is 0 Å². The van der Waals surface area contributed by atoms with Crippen LogP contribution in [0.15, 0.2) is 53.4 Å². The van der Waals surface area contributed by atoms with Crippen molar-refractivity contribution >= 4 is 15.9 Å². The van der Waals surface area contributed by atoms with Crippen molar-refractivity contribution in [1.82, 2.24) is 9.21 Å². The molecule has 0 aliphatic heterocycles. The van der Waals surface area contributed by atoms with Gasteiger partial charge in [-0.2, -0.15) is 4.31 Å². The number of amides is 1. The molecule has 7 heteroatoms. The van der Waals surface area contributed by atoms with Gasteiger partial charge in [-0.25, -0.2) is 8.42 Å². The summed E-state index contributed by atoms with van der Waals surface area (Å²) >= 11 is 0. The summed E-state index contributed by atoms with van der Waals surface area (Å²) in [6.45, 7) is 5.06. The smallest absolute Gasteiger partial charge is 0.243 e. The first-order valence-electron chi connectivity index (χ1n) is 9.77. The fraction of sp³-hybridized carbons (Fsp3) is 0.409. The molecule has 2 aromatic rings. The molecule has 0 unspecified atom stereocenters. The van der Waals surface area contributed by atoms with Gasteiger partial charge in [-0.3, -0.25) is 4.79 Å². The van der Waals surface area contributed by atoms with E-state index in [9.17, 15) is 13.2 Å². The van der Waals surface area contributed by atoms with Gasteiger partial charge in [0.05, 0.1) is 12.0 Å². The van der Waals surface area contributed by atoms with Crippen molar-refractivity contribution in [3.8, 4) is 5.75 Å². The van der Waals surface area contributed by atoms with E-state index >= 15 is 0 Å². The van der Waals surface area contributed by atoms with Crippen molar-refractivity contribution in [1.29, 1.82) is 0 Å². The Morgan fingerprint density at radius 1 is 0.931 bits per heavy atom. The van der Waals surface area contributed by atoms with E-state index in [2.05, 4.69) is 0 Å². The van der Waals surface area contributed by atoms with Crippen LogP contribution in [-0.2, 0) is 27.8 Å². The SMILES string of the molecule is CCN(CC)S(=O)(=O)c1ccc(CCC(=O)N(C)Cc2ccc(OC)cc2)cc1. The van der Waals surface area contributed by atoms with Gasteiger partial charge in [0.2, 0.25) is 15.9 Å². The van der Waals surface area contributed by atoms with Crippen molar-refractivity contribution < 1.29 is 17.9 Å². The van der Waals surface area contributed by atoms with Crippen LogP contribution in [0.2, 0.25) is 0 Å². The first-order chi connectivity index (χ1) is 13.8. The predicted molar refractivity (Wildman–Crippen MR) is 114 cm³/mol. The molecule has 0 aromatic heterocycles. The van der Waals surface area contributed by atoms with E-state index < -0.39 is 10.0 Å². The van der Waals surface area contributed by atoms with Crippen LogP contribution in [0.3, 0.4) is 0 Å². The third-order valence-corrected chi connectivity index (χ3v) is 6.96. The highest BCUT2D eigenvalue weighted by Gasteiger charge is 2.21. The van der Waals surface area contributed by atoms with Gasteiger partial charge in [0.25, 0.3) is 0 Å². The predicted octanol–water partition coefficient (Wildman–Crippen LogP) is 3.32. The lowest BCUT2D eigenvalue weighted by molar-refractivity contribution is -0.130. The number of hydrogen-bond donors (Lipinski definition) is 0. The lowest BCUT2D eigenvalue weighted by Crippen LogP contribution is -2.30. The molecule has 158 valence electrons.